The zero-order valence-corrected chi connectivity index (χ0v) is 9.84. The molecule has 1 N–H and O–H groups in total. The fourth-order valence-electron chi connectivity index (χ4n) is 1.68. The van der Waals surface area contributed by atoms with Crippen molar-refractivity contribution in [3.63, 3.8) is 0 Å². The fourth-order valence-corrected chi connectivity index (χ4v) is 3.72. The van der Waals surface area contributed by atoms with Crippen LogP contribution in [0.1, 0.15) is 11.1 Å². The SMILES string of the molecule is CSc1sc2cccc(C)c2c1CO. The van der Waals surface area contributed by atoms with Gasteiger partial charge in [-0.05, 0) is 24.8 Å². The molecule has 0 unspecified atom stereocenters. The number of aliphatic hydroxyl groups is 1. The van der Waals surface area contributed by atoms with E-state index in [-0.39, 0.29) is 6.61 Å². The van der Waals surface area contributed by atoms with Crippen molar-refractivity contribution < 1.29 is 5.11 Å². The highest BCUT2D eigenvalue weighted by Gasteiger charge is 2.11. The van der Waals surface area contributed by atoms with Gasteiger partial charge in [-0.2, -0.15) is 0 Å². The molecule has 0 aliphatic carbocycles. The van der Waals surface area contributed by atoms with Crippen LogP contribution in [0.15, 0.2) is 22.4 Å². The molecule has 2 rings (SSSR count). The van der Waals surface area contributed by atoms with E-state index in [4.69, 9.17) is 0 Å². The average Bonchev–Trinajstić information content (AvgIpc) is 2.56. The second-order valence-corrected chi connectivity index (χ2v) is 5.31. The lowest BCUT2D eigenvalue weighted by atomic mass is 10.1. The van der Waals surface area contributed by atoms with Gasteiger partial charge in [0, 0.05) is 15.6 Å². The molecule has 0 aliphatic heterocycles. The molecule has 74 valence electrons. The van der Waals surface area contributed by atoms with Crippen LogP contribution < -0.4 is 0 Å². The number of thiophene rings is 1. The highest BCUT2D eigenvalue weighted by Crippen LogP contribution is 2.38. The van der Waals surface area contributed by atoms with Gasteiger partial charge in [0.25, 0.3) is 0 Å². The molecular formula is C11H12OS2. The molecule has 0 radical (unpaired) electrons. The summed E-state index contributed by atoms with van der Waals surface area (Å²) in [5, 5.41) is 10.6. The van der Waals surface area contributed by atoms with E-state index in [0.29, 0.717) is 0 Å². The Bertz CT molecular complexity index is 460. The third-order valence-electron chi connectivity index (χ3n) is 2.33. The molecule has 0 amide bonds. The van der Waals surface area contributed by atoms with Crippen molar-refractivity contribution in [2.24, 2.45) is 0 Å². The van der Waals surface area contributed by atoms with Crippen molar-refractivity contribution in [3.05, 3.63) is 29.3 Å². The summed E-state index contributed by atoms with van der Waals surface area (Å²) in [6.07, 6.45) is 2.05. The first-order valence-corrected chi connectivity index (χ1v) is 6.48. The standard InChI is InChI=1S/C11H12OS2/c1-7-4-3-5-9-10(7)8(6-12)11(13-2)14-9/h3-5,12H,6H2,1-2H3. The van der Waals surface area contributed by atoms with Crippen LogP contribution in [0.2, 0.25) is 0 Å². The molecule has 0 bridgehead atoms. The summed E-state index contributed by atoms with van der Waals surface area (Å²) >= 11 is 3.48. The molecular weight excluding hydrogens is 212 g/mol. The maximum Gasteiger partial charge on any atom is 0.0707 e. The molecule has 1 heterocycles. The van der Waals surface area contributed by atoms with E-state index < -0.39 is 0 Å². The Morgan fingerprint density at radius 2 is 2.21 bits per heavy atom. The van der Waals surface area contributed by atoms with Crippen LogP contribution in [0.5, 0.6) is 0 Å². The van der Waals surface area contributed by atoms with E-state index in [9.17, 15) is 5.11 Å². The summed E-state index contributed by atoms with van der Waals surface area (Å²) in [6, 6.07) is 6.28. The van der Waals surface area contributed by atoms with E-state index >= 15 is 0 Å². The molecule has 3 heteroatoms. The number of fused-ring (bicyclic) bond motifs is 1. The Labute approximate surface area is 91.8 Å². The largest absolute Gasteiger partial charge is 0.392 e. The quantitative estimate of drug-likeness (QED) is 0.789. The van der Waals surface area contributed by atoms with E-state index in [1.807, 2.05) is 0 Å². The van der Waals surface area contributed by atoms with Crippen molar-refractivity contribution in [2.45, 2.75) is 17.7 Å². The summed E-state index contributed by atoms with van der Waals surface area (Å²) in [6.45, 7) is 2.24. The minimum absolute atomic E-state index is 0.140. The van der Waals surface area contributed by atoms with Gasteiger partial charge >= 0.3 is 0 Å². The molecule has 2 aromatic rings. The van der Waals surface area contributed by atoms with Crippen LogP contribution in [-0.4, -0.2) is 11.4 Å². The number of hydrogen-bond donors (Lipinski definition) is 1. The highest BCUT2D eigenvalue weighted by atomic mass is 32.2. The van der Waals surface area contributed by atoms with Crippen LogP contribution in [0.25, 0.3) is 10.1 Å². The summed E-state index contributed by atoms with van der Waals surface area (Å²) in [4.78, 5) is 0. The number of aliphatic hydroxyl groups excluding tert-OH is 1. The first-order chi connectivity index (χ1) is 6.77. The molecule has 0 aliphatic rings. The first kappa shape index (κ1) is 10.0. The number of aryl methyl sites for hydroxylation is 1. The predicted molar refractivity (Wildman–Crippen MR) is 64.3 cm³/mol. The van der Waals surface area contributed by atoms with Crippen molar-refractivity contribution in [3.8, 4) is 0 Å². The fraction of sp³-hybridized carbons (Fsp3) is 0.273. The molecule has 0 saturated carbocycles. The van der Waals surface area contributed by atoms with Crippen LogP contribution in [0.4, 0.5) is 0 Å². The van der Waals surface area contributed by atoms with Crippen LogP contribution in [0.3, 0.4) is 0 Å². The van der Waals surface area contributed by atoms with Crippen molar-refractivity contribution in [1.29, 1.82) is 0 Å². The molecule has 14 heavy (non-hydrogen) atoms. The maximum absolute atomic E-state index is 9.35. The Kier molecular flexibility index (Phi) is 2.81. The lowest BCUT2D eigenvalue weighted by Gasteiger charge is -1.99. The zero-order valence-electron chi connectivity index (χ0n) is 8.20. The van der Waals surface area contributed by atoms with E-state index in [2.05, 4.69) is 31.4 Å². The van der Waals surface area contributed by atoms with E-state index in [1.165, 1.54) is 19.9 Å². The van der Waals surface area contributed by atoms with E-state index in [0.717, 1.165) is 5.56 Å². The Hall–Kier alpha value is -0.510. The van der Waals surface area contributed by atoms with Gasteiger partial charge < -0.3 is 5.11 Å². The maximum atomic E-state index is 9.35. The van der Waals surface area contributed by atoms with Gasteiger partial charge in [-0.15, -0.1) is 23.1 Å². The Morgan fingerprint density at radius 3 is 2.86 bits per heavy atom. The molecule has 1 aromatic carbocycles. The smallest absolute Gasteiger partial charge is 0.0707 e. The lowest BCUT2D eigenvalue weighted by Crippen LogP contribution is -1.84. The highest BCUT2D eigenvalue weighted by molar-refractivity contribution is 8.00. The molecule has 0 spiro atoms. The summed E-state index contributed by atoms with van der Waals surface area (Å²) in [5.41, 5.74) is 2.35. The van der Waals surface area contributed by atoms with Crippen LogP contribution >= 0.6 is 23.1 Å². The third-order valence-corrected chi connectivity index (χ3v) is 4.69. The monoisotopic (exact) mass is 224 g/mol. The van der Waals surface area contributed by atoms with E-state index in [1.54, 1.807) is 23.1 Å². The normalized spacial score (nSPS) is 11.1. The average molecular weight is 224 g/mol. The minimum Gasteiger partial charge on any atom is -0.392 e. The first-order valence-electron chi connectivity index (χ1n) is 4.43. The third kappa shape index (κ3) is 1.45. The van der Waals surface area contributed by atoms with Gasteiger partial charge in [-0.25, -0.2) is 0 Å². The predicted octanol–water partition coefficient (Wildman–Crippen LogP) is 3.42. The topological polar surface area (TPSA) is 20.2 Å². The van der Waals surface area contributed by atoms with Crippen LogP contribution in [-0.2, 0) is 6.61 Å². The molecule has 1 aromatic heterocycles. The van der Waals surface area contributed by atoms with Crippen LogP contribution in [0, 0.1) is 6.92 Å². The molecule has 0 fully saturated rings. The number of rotatable bonds is 2. The van der Waals surface area contributed by atoms with Gasteiger partial charge in [0.1, 0.15) is 0 Å². The second-order valence-electron chi connectivity index (χ2n) is 3.18. The van der Waals surface area contributed by atoms with Crippen molar-refractivity contribution in [2.75, 3.05) is 6.26 Å². The second kappa shape index (κ2) is 3.93. The zero-order chi connectivity index (χ0) is 10.1. The molecule has 0 atom stereocenters. The van der Waals surface area contributed by atoms with Gasteiger partial charge in [-0.3, -0.25) is 0 Å². The molecule has 1 nitrogen and oxygen atoms in total. The number of benzene rings is 1. The number of thioether (sulfide) groups is 1. The Morgan fingerprint density at radius 1 is 1.43 bits per heavy atom. The van der Waals surface area contributed by atoms with Crippen molar-refractivity contribution >= 4 is 33.2 Å². The summed E-state index contributed by atoms with van der Waals surface area (Å²) < 4.78 is 2.51. The van der Waals surface area contributed by atoms with Gasteiger partial charge in [-0.1, -0.05) is 12.1 Å². The van der Waals surface area contributed by atoms with Gasteiger partial charge in [0.15, 0.2) is 0 Å². The van der Waals surface area contributed by atoms with Crippen molar-refractivity contribution in [1.82, 2.24) is 0 Å². The van der Waals surface area contributed by atoms with Gasteiger partial charge in [0.05, 0.1) is 10.8 Å². The Balaban J connectivity index is 2.81. The summed E-state index contributed by atoms with van der Waals surface area (Å²) in [5.74, 6) is 0. The molecule has 0 saturated heterocycles. The lowest BCUT2D eigenvalue weighted by molar-refractivity contribution is 0.281. The minimum atomic E-state index is 0.140. The van der Waals surface area contributed by atoms with Gasteiger partial charge in [0.2, 0.25) is 0 Å². The number of hydrogen-bond acceptors (Lipinski definition) is 3. The summed E-state index contributed by atoms with van der Waals surface area (Å²) in [7, 11) is 0.